The van der Waals surface area contributed by atoms with Crippen LogP contribution >= 0.6 is 0 Å². The Labute approximate surface area is 183 Å². The molecule has 2 aromatic carbocycles. The first-order chi connectivity index (χ1) is 15.6. The molecule has 0 fully saturated rings. The normalized spacial score (nSPS) is 10.9. The van der Waals surface area contributed by atoms with E-state index in [-0.39, 0.29) is 0 Å². The van der Waals surface area contributed by atoms with E-state index in [1.54, 1.807) is 31.6 Å². The number of benzene rings is 2. The number of hydrogen-bond acceptors (Lipinski definition) is 10. The van der Waals surface area contributed by atoms with Gasteiger partial charge in [-0.3, -0.25) is 9.97 Å². The van der Waals surface area contributed by atoms with Crippen LogP contribution in [0.25, 0.3) is 21.8 Å². The number of fused-ring (bicyclic) bond motifs is 2. The molecule has 0 atom stereocenters. The van der Waals surface area contributed by atoms with E-state index in [0.29, 0.717) is 29.2 Å². The third-order valence-corrected chi connectivity index (χ3v) is 4.92. The Kier molecular flexibility index (Phi) is 4.71. The zero-order valence-corrected chi connectivity index (χ0v) is 17.2. The van der Waals surface area contributed by atoms with Crippen LogP contribution in [0.3, 0.4) is 0 Å². The monoisotopic (exact) mass is 424 g/mol. The summed E-state index contributed by atoms with van der Waals surface area (Å²) < 4.78 is 0. The molecular weight excluding hydrogens is 404 g/mol. The molecule has 158 valence electrons. The van der Waals surface area contributed by atoms with Gasteiger partial charge >= 0.3 is 0 Å². The zero-order valence-electron chi connectivity index (χ0n) is 17.2. The largest absolute Gasteiger partial charge is 0.398 e. The van der Waals surface area contributed by atoms with Gasteiger partial charge in [-0.25, -0.2) is 0 Å². The Balaban J connectivity index is 1.46. The van der Waals surface area contributed by atoms with Crippen LogP contribution in [0.2, 0.25) is 0 Å². The maximum Gasteiger partial charge on any atom is 0.233 e. The van der Waals surface area contributed by atoms with Crippen LogP contribution in [0.15, 0.2) is 60.9 Å². The van der Waals surface area contributed by atoms with Crippen molar-refractivity contribution in [2.45, 2.75) is 0 Å². The summed E-state index contributed by atoms with van der Waals surface area (Å²) >= 11 is 0. The fraction of sp³-hybridized carbons (Fsp3) is 0.0455. The van der Waals surface area contributed by atoms with E-state index in [1.165, 1.54) is 0 Å². The number of nitrogen functional groups attached to an aromatic ring is 2. The van der Waals surface area contributed by atoms with E-state index in [2.05, 4.69) is 40.9 Å². The summed E-state index contributed by atoms with van der Waals surface area (Å²) in [7, 11) is 1.74. The molecule has 0 aliphatic heterocycles. The van der Waals surface area contributed by atoms with Crippen LogP contribution in [-0.4, -0.2) is 32.0 Å². The molecule has 0 saturated carbocycles. The first kappa shape index (κ1) is 19.2. The smallest absolute Gasteiger partial charge is 0.233 e. The van der Waals surface area contributed by atoms with Gasteiger partial charge in [0.1, 0.15) is 0 Å². The van der Waals surface area contributed by atoms with Gasteiger partial charge < -0.3 is 27.4 Å². The van der Waals surface area contributed by atoms with Gasteiger partial charge in [0.05, 0.1) is 11.0 Å². The fourth-order valence-corrected chi connectivity index (χ4v) is 3.35. The summed E-state index contributed by atoms with van der Waals surface area (Å²) in [5, 5.41) is 11.1. The number of pyridine rings is 2. The van der Waals surface area contributed by atoms with E-state index < -0.39 is 0 Å². The van der Waals surface area contributed by atoms with Crippen molar-refractivity contribution >= 4 is 62.4 Å². The van der Waals surface area contributed by atoms with Crippen LogP contribution in [0.4, 0.5) is 40.6 Å². The lowest BCUT2D eigenvalue weighted by atomic mass is 10.1. The van der Waals surface area contributed by atoms with Crippen LogP contribution in [0.5, 0.6) is 0 Å². The van der Waals surface area contributed by atoms with E-state index in [9.17, 15) is 0 Å². The number of nitrogens with zero attached hydrogens (tertiary/aromatic N) is 5. The number of rotatable bonds is 5. The molecule has 3 aromatic heterocycles. The minimum Gasteiger partial charge on any atom is -0.398 e. The average Bonchev–Trinajstić information content (AvgIpc) is 2.80. The third kappa shape index (κ3) is 3.72. The highest BCUT2D eigenvalue weighted by molar-refractivity contribution is 5.93. The van der Waals surface area contributed by atoms with E-state index in [4.69, 9.17) is 11.5 Å². The first-order valence-electron chi connectivity index (χ1n) is 9.85. The van der Waals surface area contributed by atoms with E-state index >= 15 is 0 Å². The first-order valence-corrected chi connectivity index (χ1v) is 9.85. The van der Waals surface area contributed by atoms with Gasteiger partial charge in [-0.1, -0.05) is 0 Å². The van der Waals surface area contributed by atoms with Gasteiger partial charge in [0.25, 0.3) is 0 Å². The van der Waals surface area contributed by atoms with Crippen molar-refractivity contribution in [2.75, 3.05) is 34.5 Å². The lowest BCUT2D eigenvalue weighted by Gasteiger charge is -2.11. The lowest BCUT2D eigenvalue weighted by Crippen LogP contribution is -2.07. The number of nitrogens with one attached hydrogen (secondary N) is 3. The van der Waals surface area contributed by atoms with Gasteiger partial charge in [0.15, 0.2) is 0 Å². The van der Waals surface area contributed by atoms with Crippen molar-refractivity contribution in [3.8, 4) is 0 Å². The van der Waals surface area contributed by atoms with Crippen LogP contribution < -0.4 is 27.4 Å². The molecule has 7 N–H and O–H groups in total. The lowest BCUT2D eigenvalue weighted by molar-refractivity contribution is 1.06. The average molecular weight is 424 g/mol. The molecule has 10 heteroatoms. The maximum atomic E-state index is 6.08. The Morgan fingerprint density at radius 1 is 0.625 bits per heavy atom. The molecule has 0 amide bonds. The highest BCUT2D eigenvalue weighted by Gasteiger charge is 2.09. The molecule has 0 radical (unpaired) electrons. The highest BCUT2D eigenvalue weighted by atomic mass is 15.3. The minimum atomic E-state index is 0.371. The molecule has 0 aliphatic rings. The molecule has 5 rings (SSSR count). The Morgan fingerprint density at radius 2 is 1.09 bits per heavy atom. The zero-order chi connectivity index (χ0) is 22.1. The Bertz CT molecular complexity index is 1340. The summed E-state index contributed by atoms with van der Waals surface area (Å²) in [4.78, 5) is 21.9. The third-order valence-electron chi connectivity index (χ3n) is 4.92. The van der Waals surface area contributed by atoms with Crippen molar-refractivity contribution in [2.24, 2.45) is 0 Å². The van der Waals surface area contributed by atoms with Gasteiger partial charge in [-0.2, -0.15) is 15.0 Å². The molecule has 5 aromatic rings. The molecule has 32 heavy (non-hydrogen) atoms. The van der Waals surface area contributed by atoms with Gasteiger partial charge in [0.2, 0.25) is 17.8 Å². The Morgan fingerprint density at radius 3 is 1.56 bits per heavy atom. The predicted molar refractivity (Wildman–Crippen MR) is 128 cm³/mol. The molecule has 3 heterocycles. The number of anilines is 7. The second-order valence-electron chi connectivity index (χ2n) is 7.07. The topological polar surface area (TPSA) is 153 Å². The number of nitrogens with two attached hydrogens (primary N) is 2. The number of hydrogen-bond donors (Lipinski definition) is 5. The standard InChI is InChI=1S/C22H20N10/c1-25-20-30-21(28-12-2-4-18-14(10-12)16(23)6-8-26-18)32-22(31-20)29-13-3-5-19-15(11-13)17(24)7-9-27-19/h2-11H,1H3,(H2,23,26)(H2,24,27)(H3,25,28,29,30,31,32). The number of aromatic nitrogens is 5. The molecule has 0 saturated heterocycles. The maximum absolute atomic E-state index is 6.08. The predicted octanol–water partition coefficient (Wildman–Crippen LogP) is 3.66. The summed E-state index contributed by atoms with van der Waals surface area (Å²) in [6.45, 7) is 0. The molecule has 0 spiro atoms. The summed E-state index contributed by atoms with van der Waals surface area (Å²) in [6.07, 6.45) is 3.37. The fourth-order valence-electron chi connectivity index (χ4n) is 3.35. The SMILES string of the molecule is CNc1nc(Nc2ccc3nccc(N)c3c2)nc(Nc2ccc3nccc(N)c3c2)n1. The van der Waals surface area contributed by atoms with Crippen LogP contribution in [-0.2, 0) is 0 Å². The van der Waals surface area contributed by atoms with Gasteiger partial charge in [0, 0.05) is 53.0 Å². The summed E-state index contributed by atoms with van der Waals surface area (Å²) in [5.41, 5.74) is 16.7. The van der Waals surface area contributed by atoms with Crippen molar-refractivity contribution < 1.29 is 0 Å². The van der Waals surface area contributed by atoms with Crippen molar-refractivity contribution in [3.05, 3.63) is 60.9 Å². The molecular formula is C22H20N10. The summed E-state index contributed by atoms with van der Waals surface area (Å²) in [5.74, 6) is 1.15. The van der Waals surface area contributed by atoms with Crippen LogP contribution in [0, 0.1) is 0 Å². The molecule has 0 unspecified atom stereocenters. The second-order valence-corrected chi connectivity index (χ2v) is 7.07. The van der Waals surface area contributed by atoms with Crippen molar-refractivity contribution in [1.82, 2.24) is 24.9 Å². The van der Waals surface area contributed by atoms with Crippen molar-refractivity contribution in [3.63, 3.8) is 0 Å². The van der Waals surface area contributed by atoms with Gasteiger partial charge in [-0.15, -0.1) is 0 Å². The molecule has 0 aliphatic carbocycles. The van der Waals surface area contributed by atoms with Crippen LogP contribution in [0.1, 0.15) is 0 Å². The van der Waals surface area contributed by atoms with E-state index in [0.717, 1.165) is 33.2 Å². The quantitative estimate of drug-likeness (QED) is 0.282. The molecule has 0 bridgehead atoms. The second kappa shape index (κ2) is 7.84. The highest BCUT2D eigenvalue weighted by Crippen LogP contribution is 2.26. The van der Waals surface area contributed by atoms with E-state index in [1.807, 2.05) is 36.4 Å². The molecule has 10 nitrogen and oxygen atoms in total. The van der Waals surface area contributed by atoms with Gasteiger partial charge in [-0.05, 0) is 48.5 Å². The minimum absolute atomic E-state index is 0.371. The van der Waals surface area contributed by atoms with Crippen molar-refractivity contribution in [1.29, 1.82) is 0 Å². The summed E-state index contributed by atoms with van der Waals surface area (Å²) in [6, 6.07) is 14.9. The Hall–Kier alpha value is -4.73.